The van der Waals surface area contributed by atoms with Crippen molar-refractivity contribution in [2.75, 3.05) is 12.3 Å². The van der Waals surface area contributed by atoms with Crippen LogP contribution in [0.1, 0.15) is 23.4 Å². The van der Waals surface area contributed by atoms with Crippen molar-refractivity contribution >= 4 is 17.7 Å². The van der Waals surface area contributed by atoms with Crippen molar-refractivity contribution in [1.29, 1.82) is 0 Å². The highest BCUT2D eigenvalue weighted by Crippen LogP contribution is 2.39. The van der Waals surface area contributed by atoms with E-state index < -0.39 is 0 Å². The SMILES string of the molecule is CCN1C(=O)CSC1c1ccccc1C. The van der Waals surface area contributed by atoms with Crippen LogP contribution in [0.25, 0.3) is 0 Å². The van der Waals surface area contributed by atoms with E-state index in [4.69, 9.17) is 0 Å². The first kappa shape index (κ1) is 10.6. The Morgan fingerprint density at radius 3 is 2.87 bits per heavy atom. The van der Waals surface area contributed by atoms with Crippen molar-refractivity contribution in [3.63, 3.8) is 0 Å². The third-order valence-corrected chi connectivity index (χ3v) is 4.00. The molecule has 1 unspecified atom stereocenters. The standard InChI is InChI=1S/C12H15NOS/c1-3-13-11(14)8-15-12(13)10-7-5-4-6-9(10)2/h4-7,12H,3,8H2,1-2H3. The van der Waals surface area contributed by atoms with E-state index in [0.717, 1.165) is 6.54 Å². The van der Waals surface area contributed by atoms with E-state index in [1.165, 1.54) is 11.1 Å². The van der Waals surface area contributed by atoms with E-state index in [-0.39, 0.29) is 11.3 Å². The Hall–Kier alpha value is -0.960. The first-order valence-corrected chi connectivity index (χ1v) is 6.25. The number of amides is 1. The first-order valence-electron chi connectivity index (χ1n) is 5.20. The number of carbonyl (C=O) groups excluding carboxylic acids is 1. The van der Waals surface area contributed by atoms with Crippen molar-refractivity contribution in [2.45, 2.75) is 19.2 Å². The zero-order chi connectivity index (χ0) is 10.8. The van der Waals surface area contributed by atoms with Crippen LogP contribution in [0, 0.1) is 6.92 Å². The Labute approximate surface area is 94.7 Å². The molecule has 1 heterocycles. The molecule has 3 heteroatoms. The van der Waals surface area contributed by atoms with Gasteiger partial charge in [-0.2, -0.15) is 0 Å². The molecule has 1 saturated heterocycles. The average molecular weight is 221 g/mol. The minimum atomic E-state index is 0.226. The van der Waals surface area contributed by atoms with Crippen LogP contribution in [0.15, 0.2) is 24.3 Å². The summed E-state index contributed by atoms with van der Waals surface area (Å²) in [4.78, 5) is 13.6. The van der Waals surface area contributed by atoms with E-state index in [0.29, 0.717) is 5.75 Å². The molecule has 0 aliphatic carbocycles. The second-order valence-corrected chi connectivity index (χ2v) is 4.77. The number of benzene rings is 1. The second-order valence-electron chi connectivity index (χ2n) is 3.70. The number of hydrogen-bond acceptors (Lipinski definition) is 2. The van der Waals surface area contributed by atoms with Crippen LogP contribution in [0.4, 0.5) is 0 Å². The summed E-state index contributed by atoms with van der Waals surface area (Å²) < 4.78 is 0. The molecule has 1 aromatic rings. The highest BCUT2D eigenvalue weighted by molar-refractivity contribution is 8.00. The molecule has 1 aliphatic rings. The zero-order valence-corrected chi connectivity index (χ0v) is 9.88. The van der Waals surface area contributed by atoms with E-state index in [1.54, 1.807) is 11.8 Å². The molecule has 1 aromatic carbocycles. The Bertz CT molecular complexity index is 378. The molecule has 0 radical (unpaired) electrons. The normalized spacial score (nSPS) is 21.1. The lowest BCUT2D eigenvalue weighted by Gasteiger charge is -2.23. The van der Waals surface area contributed by atoms with Crippen molar-refractivity contribution in [3.8, 4) is 0 Å². The first-order chi connectivity index (χ1) is 7.24. The van der Waals surface area contributed by atoms with Gasteiger partial charge in [-0.15, -0.1) is 11.8 Å². The van der Waals surface area contributed by atoms with Gasteiger partial charge in [0.15, 0.2) is 0 Å². The molecule has 1 aliphatic heterocycles. The molecule has 2 nitrogen and oxygen atoms in total. The van der Waals surface area contributed by atoms with Crippen LogP contribution in [-0.2, 0) is 4.79 Å². The Morgan fingerprint density at radius 2 is 2.20 bits per heavy atom. The molecular weight excluding hydrogens is 206 g/mol. The number of hydrogen-bond donors (Lipinski definition) is 0. The summed E-state index contributed by atoms with van der Waals surface area (Å²) in [5, 5.41) is 0.226. The number of aryl methyl sites for hydroxylation is 1. The lowest BCUT2D eigenvalue weighted by atomic mass is 10.1. The maximum atomic E-state index is 11.6. The number of thioether (sulfide) groups is 1. The fourth-order valence-electron chi connectivity index (χ4n) is 1.92. The number of rotatable bonds is 2. The van der Waals surface area contributed by atoms with Gasteiger partial charge in [0, 0.05) is 6.54 Å². The zero-order valence-electron chi connectivity index (χ0n) is 9.06. The molecule has 1 fully saturated rings. The Morgan fingerprint density at radius 1 is 1.47 bits per heavy atom. The van der Waals surface area contributed by atoms with Crippen LogP contribution in [0.5, 0.6) is 0 Å². The molecule has 0 saturated carbocycles. The molecule has 0 spiro atoms. The summed E-state index contributed by atoms with van der Waals surface area (Å²) in [6.45, 7) is 4.94. The maximum Gasteiger partial charge on any atom is 0.233 e. The molecule has 0 bridgehead atoms. The van der Waals surface area contributed by atoms with E-state index in [2.05, 4.69) is 19.1 Å². The van der Waals surface area contributed by atoms with Crippen LogP contribution in [0.3, 0.4) is 0 Å². The third-order valence-electron chi connectivity index (χ3n) is 2.76. The highest BCUT2D eigenvalue weighted by Gasteiger charge is 2.31. The highest BCUT2D eigenvalue weighted by atomic mass is 32.2. The van der Waals surface area contributed by atoms with Crippen molar-refractivity contribution in [3.05, 3.63) is 35.4 Å². The molecular formula is C12H15NOS. The van der Waals surface area contributed by atoms with Gasteiger partial charge in [-0.3, -0.25) is 4.79 Å². The van der Waals surface area contributed by atoms with Gasteiger partial charge in [0.25, 0.3) is 0 Å². The minimum Gasteiger partial charge on any atom is -0.326 e. The average Bonchev–Trinajstić information content (AvgIpc) is 2.60. The van der Waals surface area contributed by atoms with E-state index >= 15 is 0 Å². The van der Waals surface area contributed by atoms with Crippen molar-refractivity contribution in [2.24, 2.45) is 0 Å². The lowest BCUT2D eigenvalue weighted by Crippen LogP contribution is -2.27. The number of carbonyl (C=O) groups is 1. The molecule has 0 aromatic heterocycles. The van der Waals surface area contributed by atoms with E-state index in [9.17, 15) is 4.79 Å². The quantitative estimate of drug-likeness (QED) is 0.765. The Balaban J connectivity index is 2.32. The fraction of sp³-hybridized carbons (Fsp3) is 0.417. The van der Waals surface area contributed by atoms with Crippen LogP contribution < -0.4 is 0 Å². The van der Waals surface area contributed by atoms with Crippen LogP contribution in [-0.4, -0.2) is 23.1 Å². The molecule has 1 amide bonds. The van der Waals surface area contributed by atoms with Crippen molar-refractivity contribution < 1.29 is 4.79 Å². The van der Waals surface area contributed by atoms with Gasteiger partial charge in [-0.1, -0.05) is 24.3 Å². The summed E-state index contributed by atoms with van der Waals surface area (Å²) in [6, 6.07) is 8.30. The lowest BCUT2D eigenvalue weighted by molar-refractivity contribution is -0.127. The topological polar surface area (TPSA) is 20.3 Å². The molecule has 1 atom stereocenters. The predicted octanol–water partition coefficient (Wildman–Crippen LogP) is 2.59. The third kappa shape index (κ3) is 1.88. The summed E-state index contributed by atoms with van der Waals surface area (Å²) in [5.74, 6) is 0.878. The molecule has 0 N–H and O–H groups in total. The smallest absolute Gasteiger partial charge is 0.233 e. The largest absolute Gasteiger partial charge is 0.326 e. The maximum absolute atomic E-state index is 11.6. The van der Waals surface area contributed by atoms with Gasteiger partial charge in [0.2, 0.25) is 5.91 Å². The second kappa shape index (κ2) is 4.27. The molecule has 15 heavy (non-hydrogen) atoms. The van der Waals surface area contributed by atoms with Crippen LogP contribution >= 0.6 is 11.8 Å². The Kier molecular flexibility index (Phi) is 3.00. The van der Waals surface area contributed by atoms with Gasteiger partial charge in [0.1, 0.15) is 5.37 Å². The van der Waals surface area contributed by atoms with Crippen LogP contribution in [0.2, 0.25) is 0 Å². The van der Waals surface area contributed by atoms with E-state index in [1.807, 2.05) is 24.0 Å². The minimum absolute atomic E-state index is 0.226. The predicted molar refractivity (Wildman–Crippen MR) is 63.8 cm³/mol. The molecule has 80 valence electrons. The number of nitrogens with zero attached hydrogens (tertiary/aromatic N) is 1. The monoisotopic (exact) mass is 221 g/mol. The van der Waals surface area contributed by atoms with Gasteiger partial charge < -0.3 is 4.90 Å². The van der Waals surface area contributed by atoms with Gasteiger partial charge >= 0.3 is 0 Å². The summed E-state index contributed by atoms with van der Waals surface area (Å²) in [7, 11) is 0. The van der Waals surface area contributed by atoms with Gasteiger partial charge in [-0.05, 0) is 25.0 Å². The summed E-state index contributed by atoms with van der Waals surface area (Å²) in [6.07, 6.45) is 0. The summed E-state index contributed by atoms with van der Waals surface area (Å²) in [5.41, 5.74) is 2.54. The van der Waals surface area contributed by atoms with Gasteiger partial charge in [0.05, 0.1) is 5.75 Å². The molecule has 2 rings (SSSR count). The summed E-state index contributed by atoms with van der Waals surface area (Å²) >= 11 is 1.73. The van der Waals surface area contributed by atoms with Gasteiger partial charge in [-0.25, -0.2) is 0 Å². The fourth-order valence-corrected chi connectivity index (χ4v) is 3.27. The van der Waals surface area contributed by atoms with Crippen molar-refractivity contribution in [1.82, 2.24) is 4.90 Å².